The number of quaternary nitrogens is 1. The molecule has 0 rings (SSSR count). The van der Waals surface area contributed by atoms with E-state index in [-0.39, 0.29) is 42.7 Å². The largest absolute Gasteiger partial charge is 0.477 e. The van der Waals surface area contributed by atoms with Crippen molar-refractivity contribution in [2.45, 2.75) is 167 Å². The Kier molecular flexibility index (Phi) is 36.9. The van der Waals surface area contributed by atoms with Gasteiger partial charge in [0.2, 0.25) is 0 Å². The standard InChI is InChI=1S/C49H81NO7/c1-6-8-10-12-14-16-18-20-21-22-23-24-25-26-27-28-30-32-34-36-38-40-48(52)57-45(43-55-42-41-46(49(53)54)50(3,4)5)44-56-47(51)39-37-35-33-31-29-19-17-15-13-11-9-7-2/h8,10,14-17,20-21,23-24,26-27,30,32,45-46H,6-7,9,11-13,18-19,22,25,28-29,31,33-44H2,1-5H3/p+1/b10-8+,16-14+,17-15+,21-20+,24-23+,27-26+,32-30+. The third-order valence-corrected chi connectivity index (χ3v) is 9.28. The lowest BCUT2D eigenvalue weighted by atomic mass is 10.1. The van der Waals surface area contributed by atoms with E-state index in [2.05, 4.69) is 98.9 Å². The monoisotopic (exact) mass is 797 g/mol. The molecule has 0 fully saturated rings. The van der Waals surface area contributed by atoms with Crippen LogP contribution in [0, 0.1) is 0 Å². The van der Waals surface area contributed by atoms with Gasteiger partial charge in [0.1, 0.15) is 6.61 Å². The second-order valence-electron chi connectivity index (χ2n) is 15.6. The first-order valence-corrected chi connectivity index (χ1v) is 22.1. The number of carbonyl (C=O) groups is 3. The van der Waals surface area contributed by atoms with Gasteiger partial charge >= 0.3 is 17.9 Å². The van der Waals surface area contributed by atoms with Gasteiger partial charge in [-0.15, -0.1) is 0 Å². The third-order valence-electron chi connectivity index (χ3n) is 9.28. The van der Waals surface area contributed by atoms with Crippen LogP contribution >= 0.6 is 0 Å². The minimum Gasteiger partial charge on any atom is -0.477 e. The van der Waals surface area contributed by atoms with Gasteiger partial charge in [0.15, 0.2) is 12.1 Å². The summed E-state index contributed by atoms with van der Waals surface area (Å²) in [4.78, 5) is 36.9. The average molecular weight is 797 g/mol. The molecule has 0 bridgehead atoms. The van der Waals surface area contributed by atoms with Crippen molar-refractivity contribution in [2.75, 3.05) is 41.0 Å². The van der Waals surface area contributed by atoms with Crippen molar-refractivity contribution < 1.29 is 38.2 Å². The van der Waals surface area contributed by atoms with Gasteiger partial charge in [0.05, 0.1) is 34.4 Å². The van der Waals surface area contributed by atoms with Gasteiger partial charge in [-0.05, 0) is 89.9 Å². The van der Waals surface area contributed by atoms with E-state index in [4.69, 9.17) is 14.2 Å². The summed E-state index contributed by atoms with van der Waals surface area (Å²) in [6, 6.07) is -0.628. The molecule has 1 N–H and O–H groups in total. The molecule has 324 valence electrons. The predicted molar refractivity (Wildman–Crippen MR) is 238 cm³/mol. The number of carboxylic acids is 1. The first-order valence-electron chi connectivity index (χ1n) is 22.1. The van der Waals surface area contributed by atoms with Crippen LogP contribution in [0.5, 0.6) is 0 Å². The fraction of sp³-hybridized carbons (Fsp3) is 0.653. The minimum absolute atomic E-state index is 0.0358. The second-order valence-corrected chi connectivity index (χ2v) is 15.6. The number of unbranched alkanes of at least 4 members (excludes halogenated alkanes) is 10. The van der Waals surface area contributed by atoms with Gasteiger partial charge in [-0.25, -0.2) is 4.79 Å². The highest BCUT2D eigenvalue weighted by atomic mass is 16.6. The van der Waals surface area contributed by atoms with Crippen LogP contribution in [0.1, 0.15) is 155 Å². The van der Waals surface area contributed by atoms with E-state index < -0.39 is 18.1 Å². The Morgan fingerprint density at radius 2 is 0.982 bits per heavy atom. The molecule has 0 amide bonds. The van der Waals surface area contributed by atoms with E-state index >= 15 is 0 Å². The number of rotatable bonds is 38. The van der Waals surface area contributed by atoms with Crippen LogP contribution in [-0.4, -0.2) is 80.6 Å². The molecule has 0 aliphatic rings. The number of carbonyl (C=O) groups excluding carboxylic acids is 2. The van der Waals surface area contributed by atoms with Crippen LogP contribution in [0.2, 0.25) is 0 Å². The molecule has 0 saturated carbocycles. The first kappa shape index (κ1) is 53.5. The van der Waals surface area contributed by atoms with E-state index in [9.17, 15) is 19.5 Å². The molecule has 0 aliphatic heterocycles. The van der Waals surface area contributed by atoms with Crippen molar-refractivity contribution >= 4 is 17.9 Å². The van der Waals surface area contributed by atoms with E-state index in [1.807, 2.05) is 21.1 Å². The average Bonchev–Trinajstić information content (AvgIpc) is 3.17. The maximum atomic E-state index is 12.7. The maximum absolute atomic E-state index is 12.7. The van der Waals surface area contributed by atoms with Crippen LogP contribution in [-0.2, 0) is 28.6 Å². The van der Waals surface area contributed by atoms with Crippen molar-refractivity contribution in [3.8, 4) is 0 Å². The molecule has 8 nitrogen and oxygen atoms in total. The molecule has 0 saturated heterocycles. The molecule has 0 aromatic heterocycles. The molecule has 0 radical (unpaired) electrons. The van der Waals surface area contributed by atoms with E-state index in [1.54, 1.807) is 0 Å². The molecule has 2 unspecified atom stereocenters. The highest BCUT2D eigenvalue weighted by Gasteiger charge is 2.31. The van der Waals surface area contributed by atoms with Gasteiger partial charge in [0.25, 0.3) is 0 Å². The van der Waals surface area contributed by atoms with Gasteiger partial charge in [0, 0.05) is 19.3 Å². The highest BCUT2D eigenvalue weighted by molar-refractivity contribution is 5.72. The Bertz CT molecular complexity index is 1200. The van der Waals surface area contributed by atoms with Gasteiger partial charge in [-0.1, -0.05) is 131 Å². The first-order chi connectivity index (χ1) is 27.6. The lowest BCUT2D eigenvalue weighted by molar-refractivity contribution is -0.887. The molecular weight excluding hydrogens is 715 g/mol. The summed E-state index contributed by atoms with van der Waals surface area (Å²) in [6.07, 6.45) is 50.6. The summed E-state index contributed by atoms with van der Waals surface area (Å²) in [6.45, 7) is 4.52. The van der Waals surface area contributed by atoms with Crippen LogP contribution in [0.15, 0.2) is 85.1 Å². The summed E-state index contributed by atoms with van der Waals surface area (Å²) in [5.74, 6) is -1.55. The highest BCUT2D eigenvalue weighted by Crippen LogP contribution is 2.12. The number of likely N-dealkylation sites (N-methyl/N-ethyl adjacent to an activating group) is 1. The molecule has 0 spiro atoms. The number of aliphatic carboxylic acids is 1. The number of hydrogen-bond donors (Lipinski definition) is 1. The lowest BCUT2D eigenvalue weighted by Gasteiger charge is -2.31. The summed E-state index contributed by atoms with van der Waals surface area (Å²) in [5, 5.41) is 9.61. The SMILES string of the molecule is CC/C=C/C/C=C/C/C=C/C/C=C/C/C=C/C/C=C/CCCCC(=O)OC(COCCC(C(=O)O)[N+](C)(C)C)COC(=O)CCCCCCC/C=C/CCCCC. The molecule has 2 atom stereocenters. The Labute approximate surface area is 348 Å². The Balaban J connectivity index is 4.45. The van der Waals surface area contributed by atoms with E-state index in [0.29, 0.717) is 19.3 Å². The van der Waals surface area contributed by atoms with Crippen LogP contribution < -0.4 is 0 Å². The molecule has 57 heavy (non-hydrogen) atoms. The van der Waals surface area contributed by atoms with Crippen LogP contribution in [0.3, 0.4) is 0 Å². The molecule has 8 heteroatoms. The molecule has 0 heterocycles. The number of hydrogen-bond acceptors (Lipinski definition) is 6. The van der Waals surface area contributed by atoms with E-state index in [0.717, 1.165) is 83.5 Å². The fourth-order valence-corrected chi connectivity index (χ4v) is 5.85. The molecule has 0 aromatic carbocycles. The Morgan fingerprint density at radius 1 is 0.544 bits per heavy atom. The van der Waals surface area contributed by atoms with E-state index in [1.165, 1.54) is 32.1 Å². The fourth-order valence-electron chi connectivity index (χ4n) is 5.85. The zero-order chi connectivity index (χ0) is 42.1. The maximum Gasteiger partial charge on any atom is 0.362 e. The molecule has 0 aromatic rings. The predicted octanol–water partition coefficient (Wildman–Crippen LogP) is 12.1. The zero-order valence-electron chi connectivity index (χ0n) is 36.8. The normalized spacial score (nSPS) is 13.8. The van der Waals surface area contributed by atoms with Crippen LogP contribution in [0.4, 0.5) is 0 Å². The van der Waals surface area contributed by atoms with Gasteiger partial charge < -0.3 is 23.8 Å². The lowest BCUT2D eigenvalue weighted by Crippen LogP contribution is -2.50. The molecule has 0 aliphatic carbocycles. The summed E-state index contributed by atoms with van der Waals surface area (Å²) >= 11 is 0. The van der Waals surface area contributed by atoms with Crippen LogP contribution in [0.25, 0.3) is 0 Å². The number of allylic oxidation sites excluding steroid dienone is 14. The van der Waals surface area contributed by atoms with Gasteiger partial charge in [-0.3, -0.25) is 9.59 Å². The Morgan fingerprint density at radius 3 is 1.51 bits per heavy atom. The number of ether oxygens (including phenoxy) is 3. The summed E-state index contributed by atoms with van der Waals surface area (Å²) in [5.41, 5.74) is 0. The third kappa shape index (κ3) is 37.8. The smallest absolute Gasteiger partial charge is 0.362 e. The number of nitrogens with zero attached hydrogens (tertiary/aromatic N) is 1. The number of esters is 2. The number of carboxylic acid groups (broad SMARTS) is 1. The van der Waals surface area contributed by atoms with Crippen molar-refractivity contribution in [1.82, 2.24) is 0 Å². The van der Waals surface area contributed by atoms with Crippen molar-refractivity contribution in [3.05, 3.63) is 85.1 Å². The minimum atomic E-state index is -0.887. The van der Waals surface area contributed by atoms with Crippen molar-refractivity contribution in [2.24, 2.45) is 0 Å². The van der Waals surface area contributed by atoms with Crippen molar-refractivity contribution in [1.29, 1.82) is 0 Å². The van der Waals surface area contributed by atoms with Gasteiger partial charge in [-0.2, -0.15) is 0 Å². The zero-order valence-corrected chi connectivity index (χ0v) is 36.8. The quantitative estimate of drug-likeness (QED) is 0.0287. The summed E-state index contributed by atoms with van der Waals surface area (Å²) < 4.78 is 17.2. The molecular formula is C49H82NO7+. The topological polar surface area (TPSA) is 99.1 Å². The summed E-state index contributed by atoms with van der Waals surface area (Å²) in [7, 11) is 5.50. The Hall–Kier alpha value is -3.49. The van der Waals surface area contributed by atoms with Crippen molar-refractivity contribution in [3.63, 3.8) is 0 Å². The second kappa shape index (κ2) is 39.3.